The van der Waals surface area contributed by atoms with Crippen molar-refractivity contribution in [2.45, 2.75) is 12.7 Å². The summed E-state index contributed by atoms with van der Waals surface area (Å²) in [5.74, 6) is 1.33. The summed E-state index contributed by atoms with van der Waals surface area (Å²) < 4.78 is 0. The zero-order valence-corrected chi connectivity index (χ0v) is 14.7. The molecule has 0 heterocycles. The van der Waals surface area contributed by atoms with Crippen LogP contribution in [0, 0.1) is 17.0 Å². The van der Waals surface area contributed by atoms with Crippen molar-refractivity contribution < 1.29 is 9.72 Å². The zero-order chi connectivity index (χ0) is 17.5. The molecule has 0 bridgehead atoms. The summed E-state index contributed by atoms with van der Waals surface area (Å²) in [6.07, 6.45) is 0. The lowest BCUT2D eigenvalue weighted by atomic mass is 10.2. The van der Waals surface area contributed by atoms with Gasteiger partial charge in [-0.15, -0.1) is 0 Å². The van der Waals surface area contributed by atoms with Crippen LogP contribution in [-0.2, 0) is 5.75 Å². The van der Waals surface area contributed by atoms with Gasteiger partial charge in [0.1, 0.15) is 0 Å². The van der Waals surface area contributed by atoms with Gasteiger partial charge in [-0.2, -0.15) is 11.8 Å². The lowest BCUT2D eigenvalue weighted by Gasteiger charge is -2.07. The highest BCUT2D eigenvalue weighted by Crippen LogP contribution is 2.22. The molecule has 0 saturated heterocycles. The molecule has 0 saturated carbocycles. The molecule has 2 aromatic carbocycles. The van der Waals surface area contributed by atoms with Crippen LogP contribution < -0.4 is 5.32 Å². The Bertz CT molecular complexity index is 752. The maximum Gasteiger partial charge on any atom is 0.270 e. The summed E-state index contributed by atoms with van der Waals surface area (Å²) in [6, 6.07) is 12.1. The van der Waals surface area contributed by atoms with Crippen LogP contribution in [0.25, 0.3) is 0 Å². The van der Waals surface area contributed by atoms with Crippen molar-refractivity contribution in [2.75, 3.05) is 12.3 Å². The topological polar surface area (TPSA) is 72.2 Å². The molecule has 1 amide bonds. The van der Waals surface area contributed by atoms with Gasteiger partial charge in [-0.1, -0.05) is 41.4 Å². The number of thioether (sulfide) groups is 1. The minimum absolute atomic E-state index is 0.0779. The number of aryl methyl sites for hydroxylation is 1. The van der Waals surface area contributed by atoms with Gasteiger partial charge in [-0.25, -0.2) is 0 Å². The molecule has 2 aromatic rings. The summed E-state index contributed by atoms with van der Waals surface area (Å²) in [4.78, 5) is 22.2. The lowest BCUT2D eigenvalue weighted by Crippen LogP contribution is -2.26. The van der Waals surface area contributed by atoms with Crippen LogP contribution in [0.5, 0.6) is 0 Å². The number of carbonyl (C=O) groups excluding carboxylic acids is 1. The van der Waals surface area contributed by atoms with E-state index in [2.05, 4.69) is 30.4 Å². The van der Waals surface area contributed by atoms with Gasteiger partial charge < -0.3 is 5.32 Å². The maximum atomic E-state index is 12.0. The van der Waals surface area contributed by atoms with Crippen molar-refractivity contribution in [3.63, 3.8) is 0 Å². The smallest absolute Gasteiger partial charge is 0.270 e. The summed E-state index contributed by atoms with van der Waals surface area (Å²) in [5.41, 5.74) is 2.59. The first-order chi connectivity index (χ1) is 11.5. The Labute approximate surface area is 149 Å². The fourth-order valence-corrected chi connectivity index (χ4v) is 3.19. The number of hydrogen-bond acceptors (Lipinski definition) is 4. The number of non-ortho nitro benzene ring substituents is 1. The Morgan fingerprint density at radius 3 is 2.75 bits per heavy atom. The number of nitro groups is 1. The van der Waals surface area contributed by atoms with Crippen LogP contribution in [0.4, 0.5) is 5.69 Å². The standard InChI is InChI=1S/C17H17ClN2O3S/c1-12-3-2-4-13(9-12)11-24-8-7-19-17(21)15-6-5-14(20(22)23)10-16(15)18/h2-6,9-10H,7-8,11H2,1H3,(H,19,21). The van der Waals surface area contributed by atoms with E-state index in [0.717, 1.165) is 11.5 Å². The molecule has 0 aromatic heterocycles. The molecule has 2 rings (SSSR count). The predicted octanol–water partition coefficient (Wildman–Crippen LogP) is 4.22. The minimum atomic E-state index is -0.546. The Kier molecular flexibility index (Phi) is 6.63. The molecule has 0 fully saturated rings. The molecule has 1 N–H and O–H groups in total. The Morgan fingerprint density at radius 2 is 2.08 bits per heavy atom. The summed E-state index contributed by atoms with van der Waals surface area (Å²) in [5, 5.41) is 13.5. The van der Waals surface area contributed by atoms with E-state index >= 15 is 0 Å². The van der Waals surface area contributed by atoms with Crippen molar-refractivity contribution in [3.05, 3.63) is 74.3 Å². The SMILES string of the molecule is Cc1cccc(CSCCNC(=O)c2ccc([N+](=O)[O-])cc2Cl)c1. The summed E-state index contributed by atoms with van der Waals surface area (Å²) in [7, 11) is 0. The molecule has 0 atom stereocenters. The van der Waals surface area contributed by atoms with Gasteiger partial charge in [0, 0.05) is 30.2 Å². The first-order valence-electron chi connectivity index (χ1n) is 7.33. The fraction of sp³-hybridized carbons (Fsp3) is 0.235. The molecule has 0 aliphatic heterocycles. The molecule has 126 valence electrons. The molecule has 0 aliphatic rings. The Morgan fingerprint density at radius 1 is 1.29 bits per heavy atom. The normalized spacial score (nSPS) is 10.4. The van der Waals surface area contributed by atoms with E-state index in [9.17, 15) is 14.9 Å². The number of carbonyl (C=O) groups is 1. The fourth-order valence-electron chi connectivity index (χ4n) is 2.13. The minimum Gasteiger partial charge on any atom is -0.351 e. The molecular formula is C17H17ClN2O3S. The number of rotatable bonds is 7. The highest BCUT2D eigenvalue weighted by molar-refractivity contribution is 7.98. The van der Waals surface area contributed by atoms with Gasteiger partial charge in [0.2, 0.25) is 0 Å². The number of halogens is 1. The van der Waals surface area contributed by atoms with Crippen LogP contribution in [0.15, 0.2) is 42.5 Å². The van der Waals surface area contributed by atoms with E-state index < -0.39 is 4.92 Å². The van der Waals surface area contributed by atoms with Gasteiger partial charge in [-0.05, 0) is 18.6 Å². The van der Waals surface area contributed by atoms with E-state index in [-0.39, 0.29) is 22.2 Å². The first-order valence-corrected chi connectivity index (χ1v) is 8.86. The van der Waals surface area contributed by atoms with Gasteiger partial charge in [0.05, 0.1) is 15.5 Å². The molecule has 0 radical (unpaired) electrons. The van der Waals surface area contributed by atoms with Crippen molar-refractivity contribution in [1.29, 1.82) is 0 Å². The van der Waals surface area contributed by atoms with Crippen LogP contribution in [0.3, 0.4) is 0 Å². The quantitative estimate of drug-likeness (QED) is 0.453. The van der Waals surface area contributed by atoms with Crippen molar-refractivity contribution in [2.24, 2.45) is 0 Å². The van der Waals surface area contributed by atoms with E-state index in [1.807, 2.05) is 6.07 Å². The largest absolute Gasteiger partial charge is 0.351 e. The third kappa shape index (κ3) is 5.25. The van der Waals surface area contributed by atoms with Gasteiger partial charge >= 0.3 is 0 Å². The molecule has 5 nitrogen and oxygen atoms in total. The van der Waals surface area contributed by atoms with Crippen LogP contribution in [0.1, 0.15) is 21.5 Å². The molecule has 0 spiro atoms. The zero-order valence-electron chi connectivity index (χ0n) is 13.1. The first kappa shape index (κ1) is 18.3. The summed E-state index contributed by atoms with van der Waals surface area (Å²) >= 11 is 7.66. The van der Waals surface area contributed by atoms with Gasteiger partial charge in [0.25, 0.3) is 11.6 Å². The second-order valence-corrected chi connectivity index (χ2v) is 6.73. The van der Waals surface area contributed by atoms with Crippen molar-refractivity contribution >= 4 is 35.0 Å². The number of nitrogens with zero attached hydrogens (tertiary/aromatic N) is 1. The lowest BCUT2D eigenvalue weighted by molar-refractivity contribution is -0.384. The van der Waals surface area contributed by atoms with E-state index in [1.54, 1.807) is 11.8 Å². The average Bonchev–Trinajstić information content (AvgIpc) is 2.54. The average molecular weight is 365 g/mol. The van der Waals surface area contributed by atoms with Crippen LogP contribution in [-0.4, -0.2) is 23.1 Å². The number of benzene rings is 2. The van der Waals surface area contributed by atoms with Gasteiger partial charge in [-0.3, -0.25) is 14.9 Å². The second kappa shape index (κ2) is 8.70. The molecule has 0 aliphatic carbocycles. The van der Waals surface area contributed by atoms with E-state index in [0.29, 0.717) is 6.54 Å². The van der Waals surface area contributed by atoms with Crippen molar-refractivity contribution in [3.8, 4) is 0 Å². The van der Waals surface area contributed by atoms with Crippen LogP contribution in [0.2, 0.25) is 5.02 Å². The molecule has 7 heteroatoms. The summed E-state index contributed by atoms with van der Waals surface area (Å²) in [6.45, 7) is 2.56. The molecule has 0 unspecified atom stereocenters. The van der Waals surface area contributed by atoms with Crippen LogP contribution >= 0.6 is 23.4 Å². The number of nitrogens with one attached hydrogen (secondary N) is 1. The highest BCUT2D eigenvalue weighted by atomic mass is 35.5. The second-order valence-electron chi connectivity index (χ2n) is 5.22. The van der Waals surface area contributed by atoms with Gasteiger partial charge in [0.15, 0.2) is 0 Å². The number of amides is 1. The Hall–Kier alpha value is -2.05. The Balaban J connectivity index is 1.78. The highest BCUT2D eigenvalue weighted by Gasteiger charge is 2.14. The number of hydrogen-bond donors (Lipinski definition) is 1. The third-order valence-electron chi connectivity index (χ3n) is 3.29. The predicted molar refractivity (Wildman–Crippen MR) is 97.8 cm³/mol. The van der Waals surface area contributed by atoms with E-state index in [1.165, 1.54) is 29.3 Å². The maximum absolute atomic E-state index is 12.0. The van der Waals surface area contributed by atoms with Crippen molar-refractivity contribution in [1.82, 2.24) is 5.32 Å². The third-order valence-corrected chi connectivity index (χ3v) is 4.63. The number of nitro benzene ring substituents is 1. The van der Waals surface area contributed by atoms with E-state index in [4.69, 9.17) is 11.6 Å². The molecule has 24 heavy (non-hydrogen) atoms. The monoisotopic (exact) mass is 364 g/mol. The molecular weight excluding hydrogens is 348 g/mol.